The van der Waals surface area contributed by atoms with Gasteiger partial charge in [-0.3, -0.25) is 10.1 Å². The molecule has 2 heterocycles. The summed E-state index contributed by atoms with van der Waals surface area (Å²) in [5, 5.41) is 10.7. The summed E-state index contributed by atoms with van der Waals surface area (Å²) in [7, 11) is 0. The number of carbonyl (C=O) groups is 1. The van der Waals surface area contributed by atoms with Crippen LogP contribution in [0.4, 0.5) is 10.5 Å². The molecule has 8 nitrogen and oxygen atoms in total. The summed E-state index contributed by atoms with van der Waals surface area (Å²) < 4.78 is 11.0. The van der Waals surface area contributed by atoms with Gasteiger partial charge in [-0.1, -0.05) is 0 Å². The molecule has 2 rings (SSSR count). The quantitative estimate of drug-likeness (QED) is 0.627. The number of piperidine rings is 1. The van der Waals surface area contributed by atoms with Gasteiger partial charge in [0.25, 0.3) is 5.69 Å². The molecule has 1 aliphatic rings. The molecule has 0 atom stereocenters. The number of hydrogen-bond donors (Lipinski definition) is 0. The van der Waals surface area contributed by atoms with Crippen LogP contribution in [0.15, 0.2) is 18.3 Å². The molecule has 126 valence electrons. The molecule has 1 aromatic heterocycles. The van der Waals surface area contributed by atoms with Gasteiger partial charge in [-0.2, -0.15) is 0 Å². The summed E-state index contributed by atoms with van der Waals surface area (Å²) in [6.45, 7) is 6.53. The Morgan fingerprint density at radius 2 is 2.04 bits per heavy atom. The van der Waals surface area contributed by atoms with Gasteiger partial charge in [0.1, 0.15) is 11.7 Å². The average Bonchev–Trinajstić information content (AvgIpc) is 2.46. The lowest BCUT2D eigenvalue weighted by molar-refractivity contribution is -0.385. The van der Waals surface area contributed by atoms with Crippen molar-refractivity contribution in [2.75, 3.05) is 13.1 Å². The van der Waals surface area contributed by atoms with Crippen molar-refractivity contribution >= 4 is 11.8 Å². The first-order chi connectivity index (χ1) is 10.7. The molecule has 1 aliphatic heterocycles. The smallest absolute Gasteiger partial charge is 0.410 e. The van der Waals surface area contributed by atoms with Crippen molar-refractivity contribution in [2.24, 2.45) is 0 Å². The van der Waals surface area contributed by atoms with Gasteiger partial charge in [-0.15, -0.1) is 0 Å². The van der Waals surface area contributed by atoms with Crippen LogP contribution in [-0.4, -0.2) is 45.7 Å². The molecule has 0 aliphatic carbocycles. The van der Waals surface area contributed by atoms with Gasteiger partial charge >= 0.3 is 6.09 Å². The average molecular weight is 323 g/mol. The van der Waals surface area contributed by atoms with Crippen LogP contribution in [0.3, 0.4) is 0 Å². The molecular formula is C15H21N3O5. The van der Waals surface area contributed by atoms with Crippen LogP contribution in [0.25, 0.3) is 0 Å². The molecule has 0 unspecified atom stereocenters. The lowest BCUT2D eigenvalue weighted by Gasteiger charge is -2.33. The minimum atomic E-state index is -0.517. The van der Waals surface area contributed by atoms with E-state index in [0.29, 0.717) is 25.9 Å². The number of amides is 1. The molecule has 1 amide bonds. The number of ether oxygens (including phenoxy) is 2. The Morgan fingerprint density at radius 1 is 1.39 bits per heavy atom. The molecule has 0 N–H and O–H groups in total. The van der Waals surface area contributed by atoms with E-state index in [0.717, 1.165) is 0 Å². The number of carbonyl (C=O) groups excluding carboxylic acids is 1. The largest absolute Gasteiger partial charge is 0.474 e. The van der Waals surface area contributed by atoms with Gasteiger partial charge in [0, 0.05) is 38.2 Å². The minimum Gasteiger partial charge on any atom is -0.474 e. The van der Waals surface area contributed by atoms with Crippen LogP contribution in [0.1, 0.15) is 33.6 Å². The number of aromatic nitrogens is 1. The Morgan fingerprint density at radius 3 is 2.61 bits per heavy atom. The second-order valence-corrected chi connectivity index (χ2v) is 6.39. The second kappa shape index (κ2) is 6.80. The first-order valence-corrected chi connectivity index (χ1v) is 7.49. The lowest BCUT2D eigenvalue weighted by atomic mass is 10.1. The number of pyridine rings is 1. The van der Waals surface area contributed by atoms with Crippen molar-refractivity contribution in [1.82, 2.24) is 9.88 Å². The minimum absolute atomic E-state index is 0.0545. The summed E-state index contributed by atoms with van der Waals surface area (Å²) in [5.74, 6) is 0.231. The predicted molar refractivity (Wildman–Crippen MR) is 82.3 cm³/mol. The Balaban J connectivity index is 1.86. The van der Waals surface area contributed by atoms with Crippen LogP contribution in [-0.2, 0) is 4.74 Å². The molecule has 23 heavy (non-hydrogen) atoms. The van der Waals surface area contributed by atoms with Crippen LogP contribution in [0.5, 0.6) is 5.88 Å². The first kappa shape index (κ1) is 17.0. The standard InChI is InChI=1S/C15H21N3O5/c1-15(2,3)23-14(19)17-8-5-12(6-9-17)22-13-10-11(18(20)21)4-7-16-13/h4,7,10,12H,5-6,8-9H2,1-3H3. The van der Waals surface area contributed by atoms with Gasteiger partial charge in [-0.05, 0) is 20.8 Å². The molecule has 1 saturated heterocycles. The van der Waals surface area contributed by atoms with Crippen molar-refractivity contribution in [3.8, 4) is 5.88 Å². The molecule has 1 fully saturated rings. The van der Waals surface area contributed by atoms with E-state index in [-0.39, 0.29) is 23.8 Å². The van der Waals surface area contributed by atoms with Gasteiger partial charge in [0.2, 0.25) is 5.88 Å². The van der Waals surface area contributed by atoms with E-state index >= 15 is 0 Å². The van der Waals surface area contributed by atoms with E-state index < -0.39 is 10.5 Å². The fourth-order valence-electron chi connectivity index (χ4n) is 2.23. The molecule has 0 radical (unpaired) electrons. The van der Waals surface area contributed by atoms with Crippen molar-refractivity contribution in [3.05, 3.63) is 28.4 Å². The van der Waals surface area contributed by atoms with Gasteiger partial charge in [0.15, 0.2) is 0 Å². The van der Waals surface area contributed by atoms with E-state index in [1.165, 1.54) is 18.3 Å². The fourth-order valence-corrected chi connectivity index (χ4v) is 2.23. The first-order valence-electron chi connectivity index (χ1n) is 7.49. The molecule has 0 bridgehead atoms. The summed E-state index contributed by atoms with van der Waals surface area (Å²) >= 11 is 0. The number of rotatable bonds is 3. The third-order valence-electron chi connectivity index (χ3n) is 3.31. The Hall–Kier alpha value is -2.38. The number of hydrogen-bond acceptors (Lipinski definition) is 6. The Labute approximate surface area is 134 Å². The summed E-state index contributed by atoms with van der Waals surface area (Å²) in [4.78, 5) is 27.9. The number of nitro groups is 1. The Bertz CT molecular complexity index is 577. The molecular weight excluding hydrogens is 302 g/mol. The van der Waals surface area contributed by atoms with E-state index in [1.54, 1.807) is 4.90 Å². The van der Waals surface area contributed by atoms with E-state index in [2.05, 4.69) is 4.98 Å². The normalized spacial score (nSPS) is 16.0. The van der Waals surface area contributed by atoms with Crippen LogP contribution in [0, 0.1) is 10.1 Å². The highest BCUT2D eigenvalue weighted by molar-refractivity contribution is 5.68. The molecule has 0 saturated carbocycles. The highest BCUT2D eigenvalue weighted by Gasteiger charge is 2.28. The van der Waals surface area contributed by atoms with Gasteiger partial charge < -0.3 is 14.4 Å². The monoisotopic (exact) mass is 323 g/mol. The van der Waals surface area contributed by atoms with Crippen LogP contribution in [0.2, 0.25) is 0 Å². The van der Waals surface area contributed by atoms with Crippen molar-refractivity contribution in [2.45, 2.75) is 45.3 Å². The summed E-state index contributed by atoms with van der Waals surface area (Å²) in [6.07, 6.45) is 2.16. The van der Waals surface area contributed by atoms with Crippen molar-refractivity contribution in [1.29, 1.82) is 0 Å². The maximum absolute atomic E-state index is 12.0. The lowest BCUT2D eigenvalue weighted by Crippen LogP contribution is -2.44. The zero-order valence-electron chi connectivity index (χ0n) is 13.5. The molecule has 8 heteroatoms. The highest BCUT2D eigenvalue weighted by atomic mass is 16.6. The third kappa shape index (κ3) is 5.08. The van der Waals surface area contributed by atoms with E-state index in [4.69, 9.17) is 9.47 Å². The van der Waals surface area contributed by atoms with Crippen LogP contribution < -0.4 is 4.74 Å². The zero-order chi connectivity index (χ0) is 17.0. The molecule has 0 spiro atoms. The van der Waals surface area contributed by atoms with E-state index in [1.807, 2.05) is 20.8 Å². The SMILES string of the molecule is CC(C)(C)OC(=O)N1CCC(Oc2cc([N+](=O)[O-])ccn2)CC1. The maximum atomic E-state index is 12.0. The van der Waals surface area contributed by atoms with Gasteiger partial charge in [-0.25, -0.2) is 9.78 Å². The zero-order valence-corrected chi connectivity index (χ0v) is 13.5. The number of nitrogens with zero attached hydrogens (tertiary/aromatic N) is 3. The Kier molecular flexibility index (Phi) is 5.02. The van der Waals surface area contributed by atoms with Gasteiger partial charge in [0.05, 0.1) is 11.0 Å². The second-order valence-electron chi connectivity index (χ2n) is 6.39. The predicted octanol–water partition coefficient (Wildman–Crippen LogP) is 2.77. The highest BCUT2D eigenvalue weighted by Crippen LogP contribution is 2.22. The van der Waals surface area contributed by atoms with Crippen LogP contribution >= 0.6 is 0 Å². The summed E-state index contributed by atoms with van der Waals surface area (Å²) in [6, 6.07) is 2.62. The maximum Gasteiger partial charge on any atom is 0.410 e. The summed E-state index contributed by atoms with van der Waals surface area (Å²) in [5.41, 5.74) is -0.571. The molecule has 1 aromatic rings. The topological polar surface area (TPSA) is 94.8 Å². The van der Waals surface area contributed by atoms with E-state index in [9.17, 15) is 14.9 Å². The number of likely N-dealkylation sites (tertiary alicyclic amines) is 1. The third-order valence-corrected chi connectivity index (χ3v) is 3.31. The molecule has 0 aromatic carbocycles. The van der Waals surface area contributed by atoms with Crippen molar-refractivity contribution in [3.63, 3.8) is 0 Å². The van der Waals surface area contributed by atoms with Crippen molar-refractivity contribution < 1.29 is 19.2 Å². The fraction of sp³-hybridized carbons (Fsp3) is 0.600.